The van der Waals surface area contributed by atoms with Crippen LogP contribution >= 0.6 is 0 Å². The standard InChI is InChI=1S/C12H22O14S.Na.H/c13-1-3-5(15)7(17)8(18)11(23-3)25-12-9(19)10(26-27(20,21)22)6(16)4(2-14)24-12;;/h3-19H,1-2H2,(H,20,21,22);;/q;+1;-1/t3-,4-,5-,6-,7+,8-,9-,10+,11-,12-;;/m1../s1. The summed E-state index contributed by atoms with van der Waals surface area (Å²) in [4.78, 5) is 0. The number of aliphatic hydroxyl groups is 7. The molecule has 0 aromatic carbocycles. The summed E-state index contributed by atoms with van der Waals surface area (Å²) in [6.07, 6.45) is -17.8. The number of hydrogen-bond donors (Lipinski definition) is 8. The van der Waals surface area contributed by atoms with Crippen LogP contribution in [0, 0.1) is 0 Å². The molecule has 0 bridgehead atoms. The van der Waals surface area contributed by atoms with Gasteiger partial charge in [0.25, 0.3) is 0 Å². The van der Waals surface area contributed by atoms with Gasteiger partial charge in [-0.2, -0.15) is 8.42 Å². The molecule has 0 radical (unpaired) electrons. The molecule has 2 aliphatic heterocycles. The smallest absolute Gasteiger partial charge is 1.00 e. The minimum atomic E-state index is -5.12. The van der Waals surface area contributed by atoms with Crippen molar-refractivity contribution in [2.45, 2.75) is 61.4 Å². The van der Waals surface area contributed by atoms with Crippen LogP contribution in [0.15, 0.2) is 0 Å². The largest absolute Gasteiger partial charge is 1.00 e. The van der Waals surface area contributed by atoms with Gasteiger partial charge in [0.2, 0.25) is 0 Å². The number of hydrogen-bond acceptors (Lipinski definition) is 13. The SMILES string of the molecule is O=S(=O)(O)O[C@@H]1[C@@H](O)[C@@H](O[C@H]2O[C@H](CO)[C@@H](O)[C@H](O)[C@H]2O)O[C@H](CO)[C@H]1O.[H-].[Na+]. The van der Waals surface area contributed by atoms with Gasteiger partial charge in [-0.25, -0.2) is 4.18 Å². The van der Waals surface area contributed by atoms with Crippen LogP contribution in [-0.4, -0.2) is 123 Å². The van der Waals surface area contributed by atoms with Crippen molar-refractivity contribution >= 4 is 10.4 Å². The average molecular weight is 446 g/mol. The molecule has 0 amide bonds. The molecule has 0 aliphatic carbocycles. The fourth-order valence-corrected chi connectivity index (χ4v) is 3.24. The van der Waals surface area contributed by atoms with Crippen molar-refractivity contribution in [1.29, 1.82) is 0 Å². The van der Waals surface area contributed by atoms with E-state index in [0.29, 0.717) is 0 Å². The molecule has 0 unspecified atom stereocenters. The van der Waals surface area contributed by atoms with Gasteiger partial charge in [0.05, 0.1) is 13.2 Å². The van der Waals surface area contributed by atoms with Gasteiger partial charge in [0, 0.05) is 0 Å². The van der Waals surface area contributed by atoms with Crippen LogP contribution in [0.3, 0.4) is 0 Å². The van der Waals surface area contributed by atoms with Gasteiger partial charge < -0.3 is 51.4 Å². The van der Waals surface area contributed by atoms with Gasteiger partial charge in [0.1, 0.15) is 48.8 Å². The Hall–Kier alpha value is 0.470. The Morgan fingerprint density at radius 2 is 1.25 bits per heavy atom. The quantitative estimate of drug-likeness (QED) is 0.140. The molecule has 2 fully saturated rings. The third-order valence-electron chi connectivity index (χ3n) is 4.17. The molecule has 16 heteroatoms. The first kappa shape index (κ1) is 26.5. The van der Waals surface area contributed by atoms with Crippen molar-refractivity contribution < 1.29 is 98.1 Å². The van der Waals surface area contributed by atoms with E-state index < -0.39 is 85.0 Å². The normalized spacial score (nSPS) is 44.7. The van der Waals surface area contributed by atoms with Crippen LogP contribution in [0.5, 0.6) is 0 Å². The van der Waals surface area contributed by atoms with E-state index in [1.807, 2.05) is 0 Å². The Bertz CT molecular complexity index is 595. The van der Waals surface area contributed by atoms with E-state index in [1.54, 1.807) is 0 Å². The first-order chi connectivity index (χ1) is 12.5. The van der Waals surface area contributed by atoms with Crippen LogP contribution < -0.4 is 29.6 Å². The molecule has 2 rings (SSSR count). The summed E-state index contributed by atoms with van der Waals surface area (Å²) in [5.74, 6) is 0. The summed E-state index contributed by atoms with van der Waals surface area (Å²) < 4.78 is 50.0. The molecule has 2 saturated heterocycles. The van der Waals surface area contributed by atoms with Gasteiger partial charge in [-0.05, 0) is 0 Å². The number of aliphatic hydroxyl groups excluding tert-OH is 7. The topological polar surface area (TPSA) is 233 Å². The fourth-order valence-electron chi connectivity index (χ4n) is 2.73. The van der Waals surface area contributed by atoms with Gasteiger partial charge in [-0.1, -0.05) is 0 Å². The minimum absolute atomic E-state index is 0. The molecule has 14 nitrogen and oxygen atoms in total. The van der Waals surface area contributed by atoms with Crippen molar-refractivity contribution in [3.8, 4) is 0 Å². The molecule has 0 spiro atoms. The van der Waals surface area contributed by atoms with Gasteiger partial charge in [-0.3, -0.25) is 4.55 Å². The molecule has 2 aliphatic rings. The Labute approximate surface area is 182 Å². The number of rotatable bonds is 6. The molecule has 0 aromatic heterocycles. The van der Waals surface area contributed by atoms with E-state index in [-0.39, 0.29) is 31.0 Å². The minimum Gasteiger partial charge on any atom is -1.00 e. The summed E-state index contributed by atoms with van der Waals surface area (Å²) in [7, 11) is -5.12. The zero-order valence-electron chi connectivity index (χ0n) is 15.6. The molecule has 0 aromatic rings. The van der Waals surface area contributed by atoms with Crippen molar-refractivity contribution in [3.63, 3.8) is 0 Å². The summed E-state index contributed by atoms with van der Waals surface area (Å²) in [6.45, 7) is -1.63. The molecular formula is C12H23NaO14S. The maximum atomic E-state index is 10.9. The molecule has 162 valence electrons. The average Bonchev–Trinajstić information content (AvgIpc) is 2.60. The Morgan fingerprint density at radius 3 is 1.71 bits per heavy atom. The van der Waals surface area contributed by atoms with Crippen LogP contribution in [0.1, 0.15) is 1.43 Å². The van der Waals surface area contributed by atoms with E-state index in [0.717, 1.165) is 0 Å². The maximum absolute atomic E-state index is 10.9. The van der Waals surface area contributed by atoms with E-state index in [1.165, 1.54) is 0 Å². The van der Waals surface area contributed by atoms with Crippen LogP contribution in [0.4, 0.5) is 0 Å². The van der Waals surface area contributed by atoms with Gasteiger partial charge in [-0.15, -0.1) is 0 Å². The molecule has 2 heterocycles. The summed E-state index contributed by atoms with van der Waals surface area (Å²) in [5, 5.41) is 67.7. The van der Waals surface area contributed by atoms with Gasteiger partial charge >= 0.3 is 40.0 Å². The Kier molecular flexibility index (Phi) is 10.1. The second-order valence-electron chi connectivity index (χ2n) is 6.03. The van der Waals surface area contributed by atoms with Crippen molar-refractivity contribution in [1.82, 2.24) is 0 Å². The van der Waals surface area contributed by atoms with Crippen molar-refractivity contribution in [3.05, 3.63) is 0 Å². The predicted molar refractivity (Wildman–Crippen MR) is 80.1 cm³/mol. The van der Waals surface area contributed by atoms with E-state index >= 15 is 0 Å². The van der Waals surface area contributed by atoms with Crippen molar-refractivity contribution in [2.24, 2.45) is 0 Å². The van der Waals surface area contributed by atoms with Crippen LogP contribution in [-0.2, 0) is 28.8 Å². The van der Waals surface area contributed by atoms with E-state index in [9.17, 15) is 39.1 Å². The molecule has 0 saturated carbocycles. The molecular weight excluding hydrogens is 423 g/mol. The number of ether oxygens (including phenoxy) is 3. The first-order valence-electron chi connectivity index (χ1n) is 7.74. The Balaban J connectivity index is 0.00000392. The van der Waals surface area contributed by atoms with Crippen LogP contribution in [0.25, 0.3) is 0 Å². The monoisotopic (exact) mass is 446 g/mol. The van der Waals surface area contributed by atoms with E-state index in [4.69, 9.17) is 23.9 Å². The summed E-state index contributed by atoms with van der Waals surface area (Å²) >= 11 is 0. The second kappa shape index (κ2) is 10.7. The molecule has 8 N–H and O–H groups in total. The summed E-state index contributed by atoms with van der Waals surface area (Å²) in [5.41, 5.74) is 0. The maximum Gasteiger partial charge on any atom is 1.00 e. The summed E-state index contributed by atoms with van der Waals surface area (Å²) in [6, 6.07) is 0. The zero-order valence-corrected chi connectivity index (χ0v) is 17.4. The third kappa shape index (κ3) is 6.01. The van der Waals surface area contributed by atoms with Gasteiger partial charge in [0.15, 0.2) is 12.6 Å². The first-order valence-corrected chi connectivity index (χ1v) is 9.10. The third-order valence-corrected chi connectivity index (χ3v) is 4.64. The molecule has 10 atom stereocenters. The second-order valence-corrected chi connectivity index (χ2v) is 7.08. The molecule has 28 heavy (non-hydrogen) atoms. The fraction of sp³-hybridized carbons (Fsp3) is 1.00. The van der Waals surface area contributed by atoms with Crippen molar-refractivity contribution in [2.75, 3.05) is 13.2 Å². The predicted octanol–water partition coefficient (Wildman–Crippen LogP) is -8.45. The van der Waals surface area contributed by atoms with Crippen LogP contribution in [0.2, 0.25) is 0 Å². The zero-order chi connectivity index (χ0) is 20.5. The van der Waals surface area contributed by atoms with E-state index in [2.05, 4.69) is 4.18 Å². The Morgan fingerprint density at radius 1 is 0.786 bits per heavy atom.